The Kier molecular flexibility index (Phi) is 1.16. The van der Waals surface area contributed by atoms with Crippen LogP contribution in [0.4, 0.5) is 0 Å². The van der Waals surface area contributed by atoms with Crippen LogP contribution in [0.3, 0.4) is 0 Å². The Morgan fingerprint density at radius 2 is 1.53 bits per heavy atom. The normalized spacial score (nSPS) is 66.7. The Labute approximate surface area is 91.4 Å². The molecule has 0 heteroatoms. The molecule has 15 heavy (non-hydrogen) atoms. The summed E-state index contributed by atoms with van der Waals surface area (Å²) in [5.41, 5.74) is 0. The van der Waals surface area contributed by atoms with Crippen LogP contribution in [0.1, 0.15) is 19.3 Å². The van der Waals surface area contributed by atoms with Crippen molar-refractivity contribution in [3.05, 3.63) is 24.3 Å². The van der Waals surface area contributed by atoms with Crippen LogP contribution >= 0.6 is 0 Å². The standard InChI is InChI=1S/C15H18/c1-2-10-11(3-1)13-7-12(10)14-8-4-5-9(6-8)15(13)14/h1-2,4-5,8-15H,3,6-7H2/t8-,9+,10?,11?,12-,13+,14?,15?/m1/s1. The molecule has 0 aromatic carbocycles. The number of allylic oxidation sites excluding steroid dienone is 4. The first-order valence-corrected chi connectivity index (χ1v) is 6.78. The maximum atomic E-state index is 2.57. The van der Waals surface area contributed by atoms with Gasteiger partial charge in [0.1, 0.15) is 0 Å². The predicted molar refractivity (Wildman–Crippen MR) is 60.1 cm³/mol. The van der Waals surface area contributed by atoms with E-state index in [2.05, 4.69) is 24.3 Å². The van der Waals surface area contributed by atoms with Gasteiger partial charge in [0.05, 0.1) is 0 Å². The predicted octanol–water partition coefficient (Wildman–Crippen LogP) is 3.27. The van der Waals surface area contributed by atoms with Gasteiger partial charge in [-0.25, -0.2) is 0 Å². The third-order valence-electron chi connectivity index (χ3n) is 6.42. The Bertz CT molecular complexity index is 377. The monoisotopic (exact) mass is 198 g/mol. The average Bonchev–Trinajstić information content (AvgIpc) is 3.03. The molecule has 0 nitrogen and oxygen atoms in total. The Morgan fingerprint density at radius 1 is 0.733 bits per heavy atom. The van der Waals surface area contributed by atoms with E-state index in [4.69, 9.17) is 0 Å². The van der Waals surface area contributed by atoms with E-state index < -0.39 is 0 Å². The van der Waals surface area contributed by atoms with Crippen LogP contribution in [0.2, 0.25) is 0 Å². The van der Waals surface area contributed by atoms with Crippen LogP contribution in [-0.4, -0.2) is 0 Å². The van der Waals surface area contributed by atoms with Crippen LogP contribution in [-0.2, 0) is 0 Å². The Morgan fingerprint density at radius 3 is 2.40 bits per heavy atom. The maximum Gasteiger partial charge on any atom is -0.0168 e. The summed E-state index contributed by atoms with van der Waals surface area (Å²) < 4.78 is 0. The van der Waals surface area contributed by atoms with Crippen molar-refractivity contribution in [3.8, 4) is 0 Å². The van der Waals surface area contributed by atoms with Gasteiger partial charge >= 0.3 is 0 Å². The van der Waals surface area contributed by atoms with Gasteiger partial charge in [0.15, 0.2) is 0 Å². The molecule has 0 N–H and O–H groups in total. The van der Waals surface area contributed by atoms with Gasteiger partial charge in [0.2, 0.25) is 0 Å². The summed E-state index contributed by atoms with van der Waals surface area (Å²) in [6.07, 6.45) is 14.7. The van der Waals surface area contributed by atoms with E-state index in [0.29, 0.717) is 0 Å². The summed E-state index contributed by atoms with van der Waals surface area (Å²) in [7, 11) is 0. The first-order valence-electron chi connectivity index (χ1n) is 6.78. The number of hydrogen-bond donors (Lipinski definition) is 0. The van der Waals surface area contributed by atoms with Gasteiger partial charge in [0, 0.05) is 0 Å². The highest BCUT2D eigenvalue weighted by Gasteiger charge is 2.64. The molecule has 4 unspecified atom stereocenters. The molecule has 8 atom stereocenters. The molecule has 0 saturated heterocycles. The molecule has 0 aromatic heterocycles. The molecular weight excluding hydrogens is 180 g/mol. The Balaban J connectivity index is 1.63. The smallest absolute Gasteiger partial charge is 0.0168 e. The fourth-order valence-corrected chi connectivity index (χ4v) is 6.22. The molecule has 0 spiro atoms. The average molecular weight is 198 g/mol. The van der Waals surface area contributed by atoms with E-state index in [0.717, 1.165) is 47.3 Å². The van der Waals surface area contributed by atoms with Crippen LogP contribution in [0.15, 0.2) is 24.3 Å². The van der Waals surface area contributed by atoms with Crippen molar-refractivity contribution in [1.29, 1.82) is 0 Å². The second-order valence-corrected chi connectivity index (χ2v) is 6.57. The van der Waals surface area contributed by atoms with Crippen LogP contribution in [0.25, 0.3) is 0 Å². The molecule has 0 amide bonds. The minimum absolute atomic E-state index is 0.991. The summed E-state index contributed by atoms with van der Waals surface area (Å²) in [4.78, 5) is 0. The van der Waals surface area contributed by atoms with Crippen molar-refractivity contribution < 1.29 is 0 Å². The summed E-state index contributed by atoms with van der Waals surface area (Å²) in [5, 5.41) is 0. The molecule has 5 aliphatic carbocycles. The first kappa shape index (κ1) is 7.70. The summed E-state index contributed by atoms with van der Waals surface area (Å²) in [6, 6.07) is 0. The fourth-order valence-electron chi connectivity index (χ4n) is 6.22. The maximum absolute atomic E-state index is 2.57. The van der Waals surface area contributed by atoms with E-state index in [9.17, 15) is 0 Å². The van der Waals surface area contributed by atoms with Crippen molar-refractivity contribution >= 4 is 0 Å². The van der Waals surface area contributed by atoms with E-state index in [-0.39, 0.29) is 0 Å². The zero-order valence-electron chi connectivity index (χ0n) is 9.05. The second kappa shape index (κ2) is 2.26. The minimum atomic E-state index is 0.991. The largest absolute Gasteiger partial charge is 0.0879 e. The van der Waals surface area contributed by atoms with Crippen molar-refractivity contribution in [2.45, 2.75) is 19.3 Å². The lowest BCUT2D eigenvalue weighted by Gasteiger charge is -2.38. The summed E-state index contributed by atoms with van der Waals surface area (Å²) >= 11 is 0. The zero-order valence-corrected chi connectivity index (χ0v) is 9.05. The zero-order chi connectivity index (χ0) is 9.57. The topological polar surface area (TPSA) is 0 Å². The molecule has 5 aliphatic rings. The first-order chi connectivity index (χ1) is 7.43. The lowest BCUT2D eigenvalue weighted by molar-refractivity contribution is 0.121. The van der Waals surface area contributed by atoms with Gasteiger partial charge < -0.3 is 0 Å². The highest BCUT2D eigenvalue weighted by atomic mass is 14.7. The minimum Gasteiger partial charge on any atom is -0.0879 e. The third kappa shape index (κ3) is 0.697. The molecule has 0 radical (unpaired) electrons. The van der Waals surface area contributed by atoms with Crippen LogP contribution < -0.4 is 0 Å². The fraction of sp³-hybridized carbons (Fsp3) is 0.733. The highest BCUT2D eigenvalue weighted by molar-refractivity contribution is 5.25. The molecular formula is C15H18. The van der Waals surface area contributed by atoms with Crippen LogP contribution in [0.5, 0.6) is 0 Å². The van der Waals surface area contributed by atoms with Gasteiger partial charge in [-0.2, -0.15) is 0 Å². The van der Waals surface area contributed by atoms with Gasteiger partial charge in [-0.15, -0.1) is 0 Å². The molecule has 0 aromatic rings. The van der Waals surface area contributed by atoms with Gasteiger partial charge in [0.25, 0.3) is 0 Å². The van der Waals surface area contributed by atoms with Gasteiger partial charge in [-0.3, -0.25) is 0 Å². The van der Waals surface area contributed by atoms with Crippen molar-refractivity contribution in [2.75, 3.05) is 0 Å². The number of fused-ring (bicyclic) bond motifs is 12. The summed E-state index contributed by atoms with van der Waals surface area (Å²) in [6.45, 7) is 0. The third-order valence-corrected chi connectivity index (χ3v) is 6.42. The molecule has 78 valence electrons. The number of hydrogen-bond acceptors (Lipinski definition) is 0. The second-order valence-electron chi connectivity index (χ2n) is 6.57. The van der Waals surface area contributed by atoms with Gasteiger partial charge in [-0.1, -0.05) is 24.3 Å². The quantitative estimate of drug-likeness (QED) is 0.414. The molecule has 5 rings (SSSR count). The molecule has 4 bridgehead atoms. The van der Waals surface area contributed by atoms with E-state index in [1.807, 2.05) is 0 Å². The van der Waals surface area contributed by atoms with Crippen molar-refractivity contribution in [1.82, 2.24) is 0 Å². The van der Waals surface area contributed by atoms with Gasteiger partial charge in [-0.05, 0) is 66.6 Å². The molecule has 3 saturated carbocycles. The van der Waals surface area contributed by atoms with E-state index >= 15 is 0 Å². The Hall–Kier alpha value is -0.520. The number of rotatable bonds is 0. The highest BCUT2D eigenvalue weighted by Crippen LogP contribution is 2.70. The lowest BCUT2D eigenvalue weighted by atomic mass is 9.66. The summed E-state index contributed by atoms with van der Waals surface area (Å²) in [5.74, 6) is 8.48. The van der Waals surface area contributed by atoms with E-state index in [1.165, 1.54) is 12.8 Å². The molecule has 0 aliphatic heterocycles. The molecule has 3 fully saturated rings. The molecule has 0 heterocycles. The van der Waals surface area contributed by atoms with Crippen molar-refractivity contribution in [2.24, 2.45) is 47.3 Å². The SMILES string of the molecule is C1=CC2C(C1)[C@@H]1C[C@H]2C2C1[C@H]1C=C[C@@H]2C1. The lowest BCUT2D eigenvalue weighted by Crippen LogP contribution is -2.34. The van der Waals surface area contributed by atoms with Crippen molar-refractivity contribution in [3.63, 3.8) is 0 Å². The van der Waals surface area contributed by atoms with Crippen LogP contribution in [0, 0.1) is 47.3 Å². The van der Waals surface area contributed by atoms with E-state index in [1.54, 1.807) is 6.42 Å².